The van der Waals surface area contributed by atoms with Crippen molar-refractivity contribution in [3.63, 3.8) is 0 Å². The van der Waals surface area contributed by atoms with Crippen molar-refractivity contribution >= 4 is 33.2 Å². The normalized spacial score (nSPS) is 22.5. The summed E-state index contributed by atoms with van der Waals surface area (Å²) in [6.45, 7) is 2.43. The monoisotopic (exact) mass is 378 g/mol. The largest absolute Gasteiger partial charge is 0.316 e. The van der Waals surface area contributed by atoms with E-state index in [1.807, 2.05) is 18.2 Å². The number of hydrogen-bond acceptors (Lipinski definition) is 3. The van der Waals surface area contributed by atoms with Gasteiger partial charge in [0.25, 0.3) is 0 Å². The molecule has 7 heteroatoms. The van der Waals surface area contributed by atoms with Crippen molar-refractivity contribution in [1.29, 1.82) is 0 Å². The summed E-state index contributed by atoms with van der Waals surface area (Å²) in [5.41, 5.74) is 1.17. The molecular weight excluding hydrogens is 355 g/mol. The maximum atomic E-state index is 11.5. The Kier molecular flexibility index (Phi) is 6.36. The third-order valence-electron chi connectivity index (χ3n) is 4.70. The molecule has 1 aromatic carbocycles. The fourth-order valence-electron chi connectivity index (χ4n) is 3.20. The number of rotatable bonds is 6. The molecular formula is C16H24Cl2N2O2S. The summed E-state index contributed by atoms with van der Waals surface area (Å²) in [5, 5.41) is 4.60. The molecule has 0 radical (unpaired) electrons. The van der Waals surface area contributed by atoms with Gasteiger partial charge in [-0.05, 0) is 49.9 Å². The first-order chi connectivity index (χ1) is 10.7. The van der Waals surface area contributed by atoms with Crippen molar-refractivity contribution in [1.82, 2.24) is 9.62 Å². The molecule has 0 aliphatic carbocycles. The number of nitrogens with one attached hydrogen (secondary N) is 1. The van der Waals surface area contributed by atoms with E-state index in [1.54, 1.807) is 7.05 Å². The average Bonchev–Trinajstić information content (AvgIpc) is 2.50. The Morgan fingerprint density at radius 1 is 1.30 bits per heavy atom. The van der Waals surface area contributed by atoms with Crippen LogP contribution in [0, 0.1) is 0 Å². The number of piperidine rings is 1. The first kappa shape index (κ1) is 19.0. The Morgan fingerprint density at radius 3 is 2.61 bits per heavy atom. The molecule has 1 aliphatic heterocycles. The highest BCUT2D eigenvalue weighted by atomic mass is 35.5. The van der Waals surface area contributed by atoms with Crippen LogP contribution in [-0.2, 0) is 15.4 Å². The Labute approximate surface area is 149 Å². The lowest BCUT2D eigenvalue weighted by Crippen LogP contribution is -2.44. The van der Waals surface area contributed by atoms with E-state index in [-0.39, 0.29) is 5.41 Å². The zero-order valence-corrected chi connectivity index (χ0v) is 15.9. The molecule has 0 amide bonds. The Balaban J connectivity index is 2.14. The topological polar surface area (TPSA) is 49.4 Å². The summed E-state index contributed by atoms with van der Waals surface area (Å²) >= 11 is 12.2. The van der Waals surface area contributed by atoms with Gasteiger partial charge in [0.2, 0.25) is 10.0 Å². The van der Waals surface area contributed by atoms with Crippen molar-refractivity contribution in [3.05, 3.63) is 33.8 Å². The molecule has 1 atom stereocenters. The lowest BCUT2D eigenvalue weighted by Gasteiger charge is -2.39. The molecule has 0 saturated carbocycles. The van der Waals surface area contributed by atoms with Crippen LogP contribution in [0.2, 0.25) is 10.0 Å². The van der Waals surface area contributed by atoms with Crippen molar-refractivity contribution in [2.45, 2.75) is 31.1 Å². The number of nitrogens with zero attached hydrogens (tertiary/aromatic N) is 1. The zero-order chi connectivity index (χ0) is 17.1. The second-order valence-corrected chi connectivity index (χ2v) is 9.28. The van der Waals surface area contributed by atoms with E-state index in [0.29, 0.717) is 16.6 Å². The molecule has 1 unspecified atom stereocenters. The van der Waals surface area contributed by atoms with Crippen LogP contribution in [0.5, 0.6) is 0 Å². The first-order valence-electron chi connectivity index (χ1n) is 7.82. The molecule has 0 bridgehead atoms. The fraction of sp³-hybridized carbons (Fsp3) is 0.625. The maximum absolute atomic E-state index is 11.5. The Bertz CT molecular complexity index is 643. The summed E-state index contributed by atoms with van der Waals surface area (Å²) in [6.07, 6.45) is 5.13. The minimum absolute atomic E-state index is 0.00910. The van der Waals surface area contributed by atoms with Crippen molar-refractivity contribution in [3.8, 4) is 0 Å². The van der Waals surface area contributed by atoms with Gasteiger partial charge in [-0.3, -0.25) is 0 Å². The van der Waals surface area contributed by atoms with E-state index >= 15 is 0 Å². The highest BCUT2D eigenvalue weighted by Gasteiger charge is 2.34. The van der Waals surface area contributed by atoms with Gasteiger partial charge >= 0.3 is 0 Å². The standard InChI is InChI=1S/C16H24Cl2N2O2S/c1-20(23(2,21)22)10-4-8-16(7-3-9-19-12-16)13-5-6-14(17)15(18)11-13/h5-6,11,19H,3-4,7-10,12H2,1-2H3. The van der Waals surface area contributed by atoms with E-state index in [4.69, 9.17) is 23.2 Å². The van der Waals surface area contributed by atoms with Gasteiger partial charge in [-0.15, -0.1) is 0 Å². The lowest BCUT2D eigenvalue weighted by molar-refractivity contribution is 0.279. The fourth-order valence-corrected chi connectivity index (χ4v) is 3.96. The summed E-state index contributed by atoms with van der Waals surface area (Å²) in [5.74, 6) is 0. The van der Waals surface area contributed by atoms with Gasteiger partial charge in [0.05, 0.1) is 16.3 Å². The second-order valence-electron chi connectivity index (χ2n) is 6.38. The maximum Gasteiger partial charge on any atom is 0.210 e. The summed E-state index contributed by atoms with van der Waals surface area (Å²) in [4.78, 5) is 0. The van der Waals surface area contributed by atoms with E-state index in [0.717, 1.165) is 38.8 Å². The zero-order valence-electron chi connectivity index (χ0n) is 13.6. The van der Waals surface area contributed by atoms with Crippen LogP contribution in [0.4, 0.5) is 0 Å². The van der Waals surface area contributed by atoms with E-state index < -0.39 is 10.0 Å². The third kappa shape index (κ3) is 4.83. The van der Waals surface area contributed by atoms with Crippen LogP contribution in [0.1, 0.15) is 31.2 Å². The minimum atomic E-state index is -3.12. The number of sulfonamides is 1. The molecule has 0 aromatic heterocycles. The van der Waals surface area contributed by atoms with Crippen LogP contribution in [0.3, 0.4) is 0 Å². The van der Waals surface area contributed by atoms with Gasteiger partial charge in [-0.2, -0.15) is 0 Å². The SMILES string of the molecule is CN(CCCC1(c2ccc(Cl)c(Cl)c2)CCCNC1)S(C)(=O)=O. The second kappa shape index (κ2) is 7.70. The molecule has 2 rings (SSSR count). The van der Waals surface area contributed by atoms with Gasteiger partial charge in [0.15, 0.2) is 0 Å². The van der Waals surface area contributed by atoms with Crippen LogP contribution < -0.4 is 5.32 Å². The molecule has 1 fully saturated rings. The Morgan fingerprint density at radius 2 is 2.04 bits per heavy atom. The van der Waals surface area contributed by atoms with E-state index in [9.17, 15) is 8.42 Å². The minimum Gasteiger partial charge on any atom is -0.316 e. The Hall–Kier alpha value is -0.330. The third-order valence-corrected chi connectivity index (χ3v) is 6.75. The summed E-state index contributed by atoms with van der Waals surface area (Å²) in [6, 6.07) is 5.84. The van der Waals surface area contributed by atoms with Gasteiger partial charge in [0.1, 0.15) is 0 Å². The number of hydrogen-bond donors (Lipinski definition) is 1. The molecule has 1 N–H and O–H groups in total. The highest BCUT2D eigenvalue weighted by molar-refractivity contribution is 7.88. The lowest BCUT2D eigenvalue weighted by atomic mass is 9.71. The predicted molar refractivity (Wildman–Crippen MR) is 97.0 cm³/mol. The van der Waals surface area contributed by atoms with Crippen molar-refractivity contribution in [2.24, 2.45) is 0 Å². The molecule has 4 nitrogen and oxygen atoms in total. The average molecular weight is 379 g/mol. The van der Waals surface area contributed by atoms with Crippen LogP contribution in [0.15, 0.2) is 18.2 Å². The van der Waals surface area contributed by atoms with Gasteiger partial charge in [-0.1, -0.05) is 29.3 Å². The first-order valence-corrected chi connectivity index (χ1v) is 10.4. The molecule has 1 aromatic rings. The van der Waals surface area contributed by atoms with Gasteiger partial charge < -0.3 is 5.32 Å². The smallest absolute Gasteiger partial charge is 0.210 e. The van der Waals surface area contributed by atoms with E-state index in [2.05, 4.69) is 5.32 Å². The van der Waals surface area contributed by atoms with Gasteiger partial charge in [-0.25, -0.2) is 12.7 Å². The van der Waals surface area contributed by atoms with Crippen molar-refractivity contribution < 1.29 is 8.42 Å². The summed E-state index contributed by atoms with van der Waals surface area (Å²) < 4.78 is 24.5. The quantitative estimate of drug-likeness (QED) is 0.825. The molecule has 1 saturated heterocycles. The van der Waals surface area contributed by atoms with Crippen LogP contribution in [0.25, 0.3) is 0 Å². The molecule has 23 heavy (non-hydrogen) atoms. The number of benzene rings is 1. The van der Waals surface area contributed by atoms with Crippen LogP contribution >= 0.6 is 23.2 Å². The molecule has 0 spiro atoms. The summed E-state index contributed by atoms with van der Waals surface area (Å²) in [7, 11) is -1.50. The van der Waals surface area contributed by atoms with E-state index in [1.165, 1.54) is 16.1 Å². The molecule has 1 heterocycles. The molecule has 1 aliphatic rings. The predicted octanol–water partition coefficient (Wildman–Crippen LogP) is 3.29. The number of halogens is 2. The van der Waals surface area contributed by atoms with Gasteiger partial charge in [0, 0.05) is 25.6 Å². The molecule has 130 valence electrons. The van der Waals surface area contributed by atoms with Crippen LogP contribution in [-0.4, -0.2) is 45.7 Å². The highest BCUT2D eigenvalue weighted by Crippen LogP contribution is 2.38. The van der Waals surface area contributed by atoms with Crippen molar-refractivity contribution in [2.75, 3.05) is 32.9 Å².